The average molecular weight is 274 g/mol. The number of hydrogen-bond donors (Lipinski definition) is 0. The zero-order valence-corrected chi connectivity index (χ0v) is 12.4. The lowest BCUT2D eigenvalue weighted by atomic mass is 10.0. The van der Waals surface area contributed by atoms with Gasteiger partial charge in [-0.05, 0) is 19.8 Å². The maximum absolute atomic E-state index is 12.6. The quantitative estimate of drug-likeness (QED) is 0.777. The van der Waals surface area contributed by atoms with Gasteiger partial charge in [0.25, 0.3) is 0 Å². The van der Waals surface area contributed by atoms with Gasteiger partial charge >= 0.3 is 0 Å². The molecule has 5 nitrogen and oxygen atoms in total. The number of fused-ring (bicyclic) bond motifs is 1. The second kappa shape index (κ2) is 5.04. The minimum Gasteiger partial charge on any atom is -0.331 e. The SMILES string of the molecule is CC(C)c1nnc2n1CCN(C(=O)C1CC=CC1)[C@H]2C. The number of amides is 1. The molecular weight excluding hydrogens is 252 g/mol. The van der Waals surface area contributed by atoms with Crippen molar-refractivity contribution in [2.24, 2.45) is 5.92 Å². The Hall–Kier alpha value is -1.65. The predicted molar refractivity (Wildman–Crippen MR) is 76.1 cm³/mol. The van der Waals surface area contributed by atoms with E-state index in [-0.39, 0.29) is 17.9 Å². The van der Waals surface area contributed by atoms with Gasteiger partial charge in [0, 0.05) is 24.9 Å². The molecule has 1 amide bonds. The molecule has 0 saturated carbocycles. The van der Waals surface area contributed by atoms with Crippen LogP contribution in [-0.2, 0) is 11.3 Å². The van der Waals surface area contributed by atoms with Crippen LogP contribution in [0.2, 0.25) is 0 Å². The molecule has 0 N–H and O–H groups in total. The summed E-state index contributed by atoms with van der Waals surface area (Å²) in [6, 6.07) is 0.0249. The van der Waals surface area contributed by atoms with Crippen LogP contribution in [0.15, 0.2) is 12.2 Å². The van der Waals surface area contributed by atoms with E-state index >= 15 is 0 Å². The minimum absolute atomic E-state index is 0.0249. The summed E-state index contributed by atoms with van der Waals surface area (Å²) >= 11 is 0. The summed E-state index contributed by atoms with van der Waals surface area (Å²) in [5, 5.41) is 8.62. The lowest BCUT2D eigenvalue weighted by molar-refractivity contribution is -0.138. The van der Waals surface area contributed by atoms with Crippen molar-refractivity contribution in [3.63, 3.8) is 0 Å². The molecular formula is C15H22N4O. The summed E-state index contributed by atoms with van der Waals surface area (Å²) in [6.07, 6.45) is 5.98. The van der Waals surface area contributed by atoms with Crippen molar-refractivity contribution in [3.8, 4) is 0 Å². The highest BCUT2D eigenvalue weighted by atomic mass is 16.2. The van der Waals surface area contributed by atoms with Gasteiger partial charge in [0.15, 0.2) is 5.82 Å². The first-order valence-electron chi connectivity index (χ1n) is 7.48. The number of carbonyl (C=O) groups excluding carboxylic acids is 1. The van der Waals surface area contributed by atoms with Gasteiger partial charge < -0.3 is 9.47 Å². The second-order valence-corrected chi connectivity index (χ2v) is 6.07. The third kappa shape index (κ3) is 2.05. The van der Waals surface area contributed by atoms with Crippen molar-refractivity contribution in [1.29, 1.82) is 0 Å². The van der Waals surface area contributed by atoms with Crippen molar-refractivity contribution in [2.45, 2.75) is 52.1 Å². The Bertz CT molecular complexity index is 538. The molecule has 1 aromatic heterocycles. The molecule has 2 heterocycles. The van der Waals surface area contributed by atoms with Gasteiger partial charge in [-0.3, -0.25) is 4.79 Å². The molecule has 1 aliphatic carbocycles. The first-order valence-corrected chi connectivity index (χ1v) is 7.48. The maximum Gasteiger partial charge on any atom is 0.226 e. The molecule has 0 bridgehead atoms. The van der Waals surface area contributed by atoms with Crippen molar-refractivity contribution in [1.82, 2.24) is 19.7 Å². The Morgan fingerprint density at radius 3 is 2.60 bits per heavy atom. The molecule has 0 aromatic carbocycles. The van der Waals surface area contributed by atoms with Crippen molar-refractivity contribution < 1.29 is 4.79 Å². The van der Waals surface area contributed by atoms with Crippen LogP contribution in [0, 0.1) is 5.92 Å². The van der Waals surface area contributed by atoms with E-state index in [2.05, 4.69) is 47.7 Å². The standard InChI is InChI=1S/C15H22N4O/c1-10(2)13-16-17-14-11(3)18(8-9-19(13)14)15(20)12-6-4-5-7-12/h4-5,10-12H,6-9H2,1-3H3/t11-/m0/s1. The van der Waals surface area contributed by atoms with Gasteiger partial charge in [-0.25, -0.2) is 0 Å². The van der Waals surface area contributed by atoms with Crippen molar-refractivity contribution >= 4 is 5.91 Å². The fraction of sp³-hybridized carbons (Fsp3) is 0.667. The molecule has 0 spiro atoms. The van der Waals surface area contributed by atoms with E-state index in [1.54, 1.807) is 0 Å². The van der Waals surface area contributed by atoms with Gasteiger partial charge in [0.1, 0.15) is 5.82 Å². The minimum atomic E-state index is 0.0249. The van der Waals surface area contributed by atoms with Crippen LogP contribution < -0.4 is 0 Å². The zero-order valence-electron chi connectivity index (χ0n) is 12.4. The average Bonchev–Trinajstić information content (AvgIpc) is 3.08. The summed E-state index contributed by atoms with van der Waals surface area (Å²) in [5.41, 5.74) is 0. The predicted octanol–water partition coefficient (Wildman–Crippen LogP) is 2.27. The Morgan fingerprint density at radius 1 is 1.25 bits per heavy atom. The Labute approximate surface area is 119 Å². The van der Waals surface area contributed by atoms with E-state index in [1.807, 2.05) is 4.90 Å². The molecule has 0 radical (unpaired) electrons. The van der Waals surface area contributed by atoms with Crippen LogP contribution in [0.1, 0.15) is 57.2 Å². The Morgan fingerprint density at radius 2 is 1.95 bits per heavy atom. The highest BCUT2D eigenvalue weighted by Gasteiger charge is 2.34. The molecule has 20 heavy (non-hydrogen) atoms. The largest absolute Gasteiger partial charge is 0.331 e. The first kappa shape index (κ1) is 13.3. The molecule has 0 fully saturated rings. The first-order chi connectivity index (χ1) is 9.59. The monoisotopic (exact) mass is 274 g/mol. The summed E-state index contributed by atoms with van der Waals surface area (Å²) < 4.78 is 2.19. The van der Waals surface area contributed by atoms with E-state index in [0.717, 1.165) is 37.6 Å². The van der Waals surface area contributed by atoms with Gasteiger partial charge in [-0.2, -0.15) is 0 Å². The summed E-state index contributed by atoms with van der Waals surface area (Å²) in [6.45, 7) is 7.89. The van der Waals surface area contributed by atoms with Crippen molar-refractivity contribution in [3.05, 3.63) is 23.8 Å². The number of hydrogen-bond acceptors (Lipinski definition) is 3. The molecule has 0 saturated heterocycles. The molecule has 108 valence electrons. The smallest absolute Gasteiger partial charge is 0.226 e. The summed E-state index contributed by atoms with van der Waals surface area (Å²) in [7, 11) is 0. The van der Waals surface area contributed by atoms with Gasteiger partial charge in [-0.1, -0.05) is 26.0 Å². The number of aromatic nitrogens is 3. The van der Waals surface area contributed by atoms with Crippen LogP contribution >= 0.6 is 0 Å². The number of carbonyl (C=O) groups is 1. The summed E-state index contributed by atoms with van der Waals surface area (Å²) in [4.78, 5) is 14.6. The van der Waals surface area contributed by atoms with E-state index in [0.29, 0.717) is 5.92 Å². The van der Waals surface area contributed by atoms with Crippen LogP contribution in [-0.4, -0.2) is 32.1 Å². The molecule has 1 aliphatic heterocycles. The van der Waals surface area contributed by atoms with Crippen molar-refractivity contribution in [2.75, 3.05) is 6.54 Å². The van der Waals surface area contributed by atoms with Crippen LogP contribution in [0.5, 0.6) is 0 Å². The second-order valence-electron chi connectivity index (χ2n) is 6.07. The Kier molecular flexibility index (Phi) is 3.36. The van der Waals surface area contributed by atoms with Gasteiger partial charge in [-0.15, -0.1) is 10.2 Å². The molecule has 3 rings (SSSR count). The van der Waals surface area contributed by atoms with Crippen LogP contribution in [0.3, 0.4) is 0 Å². The third-order valence-corrected chi connectivity index (χ3v) is 4.37. The topological polar surface area (TPSA) is 51.0 Å². The summed E-state index contributed by atoms with van der Waals surface area (Å²) in [5.74, 6) is 2.73. The van der Waals surface area contributed by atoms with Gasteiger partial charge in [0.2, 0.25) is 5.91 Å². The zero-order chi connectivity index (χ0) is 14.3. The Balaban J connectivity index is 1.82. The molecule has 0 unspecified atom stereocenters. The normalized spacial score (nSPS) is 22.6. The molecule has 1 aromatic rings. The van der Waals surface area contributed by atoms with E-state index < -0.39 is 0 Å². The number of allylic oxidation sites excluding steroid dienone is 2. The number of rotatable bonds is 2. The molecule has 2 aliphatic rings. The van der Waals surface area contributed by atoms with Gasteiger partial charge in [0.05, 0.1) is 6.04 Å². The lowest BCUT2D eigenvalue weighted by Crippen LogP contribution is -2.44. The maximum atomic E-state index is 12.6. The van der Waals surface area contributed by atoms with E-state index in [1.165, 1.54) is 0 Å². The van der Waals surface area contributed by atoms with Crippen LogP contribution in [0.25, 0.3) is 0 Å². The highest BCUT2D eigenvalue weighted by molar-refractivity contribution is 5.80. The van der Waals surface area contributed by atoms with Crippen LogP contribution in [0.4, 0.5) is 0 Å². The van der Waals surface area contributed by atoms with E-state index in [4.69, 9.17) is 0 Å². The highest BCUT2D eigenvalue weighted by Crippen LogP contribution is 2.30. The third-order valence-electron chi connectivity index (χ3n) is 4.37. The fourth-order valence-electron chi connectivity index (χ4n) is 3.19. The van der Waals surface area contributed by atoms with E-state index in [9.17, 15) is 4.79 Å². The number of nitrogens with zero attached hydrogens (tertiary/aromatic N) is 4. The molecule has 5 heteroatoms. The lowest BCUT2D eigenvalue weighted by Gasteiger charge is -2.35. The molecule has 1 atom stereocenters. The fourth-order valence-corrected chi connectivity index (χ4v) is 3.19.